The molecule has 1 atom stereocenters. The molecular weight excluding hydrogens is 262 g/mol. The average Bonchev–Trinajstić information content (AvgIpc) is 3.05. The van der Waals surface area contributed by atoms with E-state index >= 15 is 0 Å². The zero-order chi connectivity index (χ0) is 13.5. The van der Waals surface area contributed by atoms with Crippen molar-refractivity contribution in [1.29, 1.82) is 0 Å². The Balaban J connectivity index is 1.75. The number of ether oxygens (including phenoxy) is 1. The third-order valence-electron chi connectivity index (χ3n) is 2.86. The van der Waals surface area contributed by atoms with Crippen molar-refractivity contribution in [2.75, 3.05) is 13.2 Å². The molecule has 0 radical (unpaired) electrons. The molecule has 1 unspecified atom stereocenters. The number of thiophene rings is 1. The lowest BCUT2D eigenvalue weighted by molar-refractivity contribution is -0.123. The van der Waals surface area contributed by atoms with Crippen molar-refractivity contribution in [3.63, 3.8) is 0 Å². The van der Waals surface area contributed by atoms with E-state index in [4.69, 9.17) is 9.84 Å². The van der Waals surface area contributed by atoms with Crippen LogP contribution in [-0.4, -0.2) is 30.3 Å². The maximum absolute atomic E-state index is 11.7. The van der Waals surface area contributed by atoms with E-state index in [-0.39, 0.29) is 18.6 Å². The minimum absolute atomic E-state index is 0.0308. The zero-order valence-electron chi connectivity index (χ0n) is 10.6. The minimum Gasteiger partial charge on any atom is -0.384 e. The van der Waals surface area contributed by atoms with Crippen molar-refractivity contribution in [2.24, 2.45) is 0 Å². The number of carbonyl (C=O) groups excluding carboxylic acids is 1. The molecule has 0 spiro atoms. The van der Waals surface area contributed by atoms with Gasteiger partial charge in [-0.05, 0) is 18.9 Å². The highest BCUT2D eigenvalue weighted by Crippen LogP contribution is 2.16. The van der Waals surface area contributed by atoms with Crippen LogP contribution < -0.4 is 5.32 Å². The average molecular weight is 279 g/mol. The van der Waals surface area contributed by atoms with E-state index in [0.717, 1.165) is 29.9 Å². The molecule has 0 aromatic carbocycles. The molecule has 1 saturated heterocycles. The van der Waals surface area contributed by atoms with E-state index in [1.807, 2.05) is 11.4 Å². The van der Waals surface area contributed by atoms with Crippen molar-refractivity contribution < 1.29 is 14.6 Å². The lowest BCUT2D eigenvalue weighted by Gasteiger charge is -2.08. The molecule has 5 heteroatoms. The number of carbonyl (C=O) groups is 1. The van der Waals surface area contributed by atoms with Crippen LogP contribution in [0.4, 0.5) is 0 Å². The van der Waals surface area contributed by atoms with Gasteiger partial charge < -0.3 is 15.2 Å². The van der Waals surface area contributed by atoms with Crippen molar-refractivity contribution >= 4 is 17.2 Å². The normalized spacial score (nSPS) is 17.8. The van der Waals surface area contributed by atoms with Crippen LogP contribution in [0.5, 0.6) is 0 Å². The van der Waals surface area contributed by atoms with Crippen molar-refractivity contribution in [3.8, 4) is 11.8 Å². The number of aliphatic hydroxyl groups excluding tert-OH is 1. The quantitative estimate of drug-likeness (QED) is 0.816. The standard InChI is InChI=1S/C14H17NO3S/c16-5-1-3-11-7-13(19-10-11)9-15-14(17)8-12-4-2-6-18-12/h7,10,12,16H,2,4-6,8-9H2,(H,15,17). The molecule has 102 valence electrons. The Kier molecular flexibility index (Phi) is 5.40. The summed E-state index contributed by atoms with van der Waals surface area (Å²) < 4.78 is 5.42. The van der Waals surface area contributed by atoms with Crippen LogP contribution in [0.25, 0.3) is 0 Å². The van der Waals surface area contributed by atoms with E-state index in [2.05, 4.69) is 17.2 Å². The topological polar surface area (TPSA) is 58.6 Å². The van der Waals surface area contributed by atoms with Gasteiger partial charge in [-0.1, -0.05) is 11.8 Å². The van der Waals surface area contributed by atoms with E-state index in [1.165, 1.54) is 0 Å². The van der Waals surface area contributed by atoms with Crippen LogP contribution in [0.15, 0.2) is 11.4 Å². The van der Waals surface area contributed by atoms with Gasteiger partial charge in [0.05, 0.1) is 19.1 Å². The molecule has 0 bridgehead atoms. The Labute approximate surface area is 116 Å². The summed E-state index contributed by atoms with van der Waals surface area (Å²) in [4.78, 5) is 12.8. The van der Waals surface area contributed by atoms with E-state index < -0.39 is 0 Å². The number of hydrogen-bond acceptors (Lipinski definition) is 4. The third kappa shape index (κ3) is 4.67. The highest BCUT2D eigenvalue weighted by Gasteiger charge is 2.18. The molecule has 1 amide bonds. The van der Waals surface area contributed by atoms with Crippen LogP contribution in [0, 0.1) is 11.8 Å². The minimum atomic E-state index is -0.136. The van der Waals surface area contributed by atoms with Gasteiger partial charge >= 0.3 is 0 Å². The SMILES string of the molecule is O=C(CC1CCCO1)NCc1cc(C#CCO)cs1. The molecule has 1 aliphatic rings. The first kappa shape index (κ1) is 14.1. The molecule has 2 heterocycles. The second-order valence-corrected chi connectivity index (χ2v) is 5.37. The van der Waals surface area contributed by atoms with Gasteiger partial charge in [-0.15, -0.1) is 11.3 Å². The van der Waals surface area contributed by atoms with Gasteiger partial charge in [0.1, 0.15) is 6.61 Å². The van der Waals surface area contributed by atoms with Gasteiger partial charge in [0, 0.05) is 22.4 Å². The van der Waals surface area contributed by atoms with E-state index in [9.17, 15) is 4.79 Å². The summed E-state index contributed by atoms with van der Waals surface area (Å²) in [5, 5.41) is 13.4. The number of amides is 1. The molecule has 1 aliphatic heterocycles. The van der Waals surface area contributed by atoms with Gasteiger partial charge in [0.25, 0.3) is 0 Å². The Hall–Kier alpha value is -1.35. The van der Waals surface area contributed by atoms with Crippen molar-refractivity contribution in [3.05, 3.63) is 21.9 Å². The summed E-state index contributed by atoms with van der Waals surface area (Å²) in [7, 11) is 0. The molecule has 2 N–H and O–H groups in total. The molecule has 1 aromatic rings. The molecule has 0 saturated carbocycles. The maximum atomic E-state index is 11.7. The summed E-state index contributed by atoms with van der Waals surface area (Å²) >= 11 is 1.55. The lowest BCUT2D eigenvalue weighted by atomic mass is 10.2. The molecule has 4 nitrogen and oxygen atoms in total. The first-order valence-corrected chi connectivity index (χ1v) is 7.21. The number of rotatable bonds is 4. The Bertz CT molecular complexity index is 480. The van der Waals surface area contributed by atoms with Gasteiger partial charge in [-0.3, -0.25) is 4.79 Å². The smallest absolute Gasteiger partial charge is 0.222 e. The van der Waals surface area contributed by atoms with E-state index in [1.54, 1.807) is 11.3 Å². The molecular formula is C14H17NO3S. The van der Waals surface area contributed by atoms with Crippen LogP contribution in [0.2, 0.25) is 0 Å². The summed E-state index contributed by atoms with van der Waals surface area (Å²) in [5.74, 6) is 5.47. The van der Waals surface area contributed by atoms with Gasteiger partial charge in [0.15, 0.2) is 0 Å². The molecule has 19 heavy (non-hydrogen) atoms. The van der Waals surface area contributed by atoms with Crippen molar-refractivity contribution in [1.82, 2.24) is 5.32 Å². The van der Waals surface area contributed by atoms with Gasteiger partial charge in [-0.25, -0.2) is 0 Å². The Morgan fingerprint density at radius 1 is 1.63 bits per heavy atom. The Morgan fingerprint density at radius 2 is 2.53 bits per heavy atom. The van der Waals surface area contributed by atoms with Crippen molar-refractivity contribution in [2.45, 2.75) is 31.9 Å². The number of hydrogen-bond donors (Lipinski definition) is 2. The fourth-order valence-corrected chi connectivity index (χ4v) is 2.71. The number of nitrogens with one attached hydrogen (secondary N) is 1. The monoisotopic (exact) mass is 279 g/mol. The van der Waals surface area contributed by atoms with Gasteiger partial charge in [0.2, 0.25) is 5.91 Å². The van der Waals surface area contributed by atoms with Crippen LogP contribution in [0.1, 0.15) is 29.7 Å². The maximum Gasteiger partial charge on any atom is 0.222 e. The molecule has 1 aromatic heterocycles. The lowest BCUT2D eigenvalue weighted by Crippen LogP contribution is -2.26. The van der Waals surface area contributed by atoms with Gasteiger partial charge in [-0.2, -0.15) is 0 Å². The zero-order valence-corrected chi connectivity index (χ0v) is 11.5. The highest BCUT2D eigenvalue weighted by atomic mass is 32.1. The summed E-state index contributed by atoms with van der Waals surface area (Å²) in [6.45, 7) is 1.16. The first-order valence-electron chi connectivity index (χ1n) is 6.33. The predicted octanol–water partition coefficient (Wildman–Crippen LogP) is 1.28. The molecule has 0 aliphatic carbocycles. The summed E-state index contributed by atoms with van der Waals surface area (Å²) in [5.41, 5.74) is 0.877. The first-order chi connectivity index (χ1) is 9.28. The Morgan fingerprint density at radius 3 is 3.26 bits per heavy atom. The molecule has 1 fully saturated rings. The largest absolute Gasteiger partial charge is 0.384 e. The predicted molar refractivity (Wildman–Crippen MR) is 73.7 cm³/mol. The second-order valence-electron chi connectivity index (χ2n) is 4.38. The summed E-state index contributed by atoms with van der Waals surface area (Å²) in [6.07, 6.45) is 2.57. The van der Waals surface area contributed by atoms with Crippen LogP contribution in [-0.2, 0) is 16.1 Å². The highest BCUT2D eigenvalue weighted by molar-refractivity contribution is 7.10. The van der Waals surface area contributed by atoms with E-state index in [0.29, 0.717) is 13.0 Å². The second kappa shape index (κ2) is 7.29. The van der Waals surface area contributed by atoms with Crippen LogP contribution in [0.3, 0.4) is 0 Å². The summed E-state index contributed by atoms with van der Waals surface area (Å²) in [6, 6.07) is 1.93. The number of aliphatic hydroxyl groups is 1. The molecule has 2 rings (SSSR count). The third-order valence-corrected chi connectivity index (χ3v) is 3.80. The fraction of sp³-hybridized carbons (Fsp3) is 0.500. The van der Waals surface area contributed by atoms with Crippen LogP contribution >= 0.6 is 11.3 Å². The fourth-order valence-electron chi connectivity index (χ4n) is 1.95.